The Labute approximate surface area is 114 Å². The molecule has 0 amide bonds. The topological polar surface area (TPSA) is 100 Å². The fourth-order valence-corrected chi connectivity index (χ4v) is 2.61. The van der Waals surface area contributed by atoms with Gasteiger partial charge in [0.1, 0.15) is 26.2 Å². The lowest BCUT2D eigenvalue weighted by Crippen LogP contribution is -2.38. The molecule has 1 saturated heterocycles. The van der Waals surface area contributed by atoms with Gasteiger partial charge in [0.15, 0.2) is 0 Å². The minimum Gasteiger partial charge on any atom is -0.382 e. The van der Waals surface area contributed by atoms with Crippen molar-refractivity contribution in [2.45, 2.75) is 30.7 Å². The van der Waals surface area contributed by atoms with E-state index >= 15 is 0 Å². The number of ether oxygens (including phenoxy) is 3. The van der Waals surface area contributed by atoms with Gasteiger partial charge in [0.05, 0.1) is 6.61 Å². The van der Waals surface area contributed by atoms with Crippen LogP contribution in [0.5, 0.6) is 0 Å². The fraction of sp³-hybridized carbons (Fsp3) is 1.00. The van der Waals surface area contributed by atoms with E-state index < -0.39 is 31.9 Å². The molecule has 110 valence electrons. The van der Waals surface area contributed by atoms with Crippen LogP contribution < -0.4 is 5.73 Å². The molecule has 0 aromatic rings. The molecule has 0 aromatic carbocycles. The van der Waals surface area contributed by atoms with Crippen LogP contribution in [-0.4, -0.2) is 70.6 Å². The summed E-state index contributed by atoms with van der Waals surface area (Å²) in [4.78, 5) is 9.36. The zero-order valence-corrected chi connectivity index (χ0v) is 12.1. The molecule has 5 atom stereocenters. The van der Waals surface area contributed by atoms with E-state index in [-0.39, 0.29) is 6.61 Å². The van der Waals surface area contributed by atoms with Crippen molar-refractivity contribution in [1.29, 1.82) is 0 Å². The first-order valence-electron chi connectivity index (χ1n) is 6.09. The summed E-state index contributed by atoms with van der Waals surface area (Å²) in [6.45, 7) is 2.19. The summed E-state index contributed by atoms with van der Waals surface area (Å²) in [5.74, 6) is 0. The molecular formula is C10H21BNO6P. The van der Waals surface area contributed by atoms with Gasteiger partial charge in [-0.15, -0.1) is 0 Å². The van der Waals surface area contributed by atoms with Crippen LogP contribution in [-0.2, 0) is 23.3 Å². The van der Waals surface area contributed by atoms with E-state index in [2.05, 4.69) is 0 Å². The summed E-state index contributed by atoms with van der Waals surface area (Å²) in [6.07, 6.45) is -1.24. The summed E-state index contributed by atoms with van der Waals surface area (Å²) >= 11 is 0. The minimum atomic E-state index is -3.67. The third kappa shape index (κ3) is 5.51. The zero-order valence-electron chi connectivity index (χ0n) is 11.2. The number of hydrogen-bond donors (Lipinski definition) is 2. The lowest BCUT2D eigenvalue weighted by Gasteiger charge is -2.25. The summed E-state index contributed by atoms with van der Waals surface area (Å²) in [6, 6.07) is -0.727. The van der Waals surface area contributed by atoms with Crippen LogP contribution >= 0.6 is 7.60 Å². The van der Waals surface area contributed by atoms with Crippen molar-refractivity contribution in [3.05, 3.63) is 0 Å². The summed E-state index contributed by atoms with van der Waals surface area (Å²) in [5, 5.41) is 0. The van der Waals surface area contributed by atoms with Crippen molar-refractivity contribution < 1.29 is 28.2 Å². The van der Waals surface area contributed by atoms with E-state index in [1.54, 1.807) is 0 Å². The van der Waals surface area contributed by atoms with Crippen LogP contribution in [0.2, 0.25) is 0 Å². The smallest absolute Gasteiger partial charge is 0.325 e. The molecule has 1 aliphatic heterocycles. The average molecular weight is 293 g/mol. The van der Waals surface area contributed by atoms with Crippen molar-refractivity contribution in [2.24, 2.45) is 5.73 Å². The van der Waals surface area contributed by atoms with Crippen molar-refractivity contribution in [2.75, 3.05) is 33.5 Å². The van der Waals surface area contributed by atoms with Gasteiger partial charge in [-0.2, -0.15) is 0 Å². The normalized spacial score (nSPS) is 34.3. The van der Waals surface area contributed by atoms with Crippen LogP contribution in [0.15, 0.2) is 0 Å². The largest absolute Gasteiger partial charge is 0.382 e. The lowest BCUT2D eigenvalue weighted by molar-refractivity contribution is -0.0244. The molecule has 1 fully saturated rings. The molecule has 9 heteroatoms. The Balaban J connectivity index is 2.70. The van der Waals surface area contributed by atoms with E-state index in [0.717, 1.165) is 6.66 Å². The van der Waals surface area contributed by atoms with Crippen molar-refractivity contribution in [3.8, 4) is 0 Å². The predicted octanol–water partition coefficient (Wildman–Crippen LogP) is -0.539. The summed E-state index contributed by atoms with van der Waals surface area (Å²) in [7, 11) is 3.63. The van der Waals surface area contributed by atoms with Crippen LogP contribution in [0, 0.1) is 0 Å². The minimum absolute atomic E-state index is 0.203. The van der Waals surface area contributed by atoms with Gasteiger partial charge in [-0.1, -0.05) is 0 Å². The van der Waals surface area contributed by atoms with Gasteiger partial charge in [0.2, 0.25) is 0 Å². The molecule has 0 spiro atoms. The standard InChI is InChI=1S/C10H21BNO6P/c1-15-6-7-8(18-19(2,13)14)9(10(11)17-7)16-5-3-4-12/h7-10H,3-6,12H2,1-2H3,(H,13,14)/t7-,8?,9+,10-/m1/s1. The number of nitrogens with two attached hydrogens (primary N) is 1. The van der Waals surface area contributed by atoms with Gasteiger partial charge in [-0.05, 0) is 13.0 Å². The monoisotopic (exact) mass is 293 g/mol. The van der Waals surface area contributed by atoms with Gasteiger partial charge in [0.25, 0.3) is 0 Å². The molecule has 0 aromatic heterocycles. The molecule has 0 saturated carbocycles. The maximum atomic E-state index is 11.4. The summed E-state index contributed by atoms with van der Waals surface area (Å²) in [5.41, 5.74) is 5.38. The molecule has 0 bridgehead atoms. The van der Waals surface area contributed by atoms with Gasteiger partial charge < -0.3 is 24.8 Å². The average Bonchev–Trinajstić information content (AvgIpc) is 2.56. The van der Waals surface area contributed by atoms with E-state index in [1.807, 2.05) is 0 Å². The maximum Gasteiger partial charge on any atom is 0.325 e. The Morgan fingerprint density at radius 3 is 2.68 bits per heavy atom. The van der Waals surface area contributed by atoms with E-state index in [9.17, 15) is 9.46 Å². The first-order valence-corrected chi connectivity index (χ1v) is 8.12. The number of methoxy groups -OCH3 is 1. The predicted molar refractivity (Wildman–Crippen MR) is 70.3 cm³/mol. The Hall–Kier alpha value is 0.0549. The second kappa shape index (κ2) is 7.74. The molecular weight excluding hydrogens is 272 g/mol. The third-order valence-electron chi connectivity index (χ3n) is 2.65. The third-order valence-corrected chi connectivity index (χ3v) is 3.29. The number of hydrogen-bond acceptors (Lipinski definition) is 6. The second-order valence-electron chi connectivity index (χ2n) is 4.45. The van der Waals surface area contributed by atoms with Gasteiger partial charge >= 0.3 is 7.60 Å². The highest BCUT2D eigenvalue weighted by Gasteiger charge is 2.45. The molecule has 1 rings (SSSR count). The van der Waals surface area contributed by atoms with Gasteiger partial charge in [0, 0.05) is 26.4 Å². The molecule has 1 aliphatic rings. The first-order chi connectivity index (χ1) is 8.89. The highest BCUT2D eigenvalue weighted by atomic mass is 31.2. The van der Waals surface area contributed by atoms with E-state index in [0.29, 0.717) is 19.6 Å². The Kier molecular flexibility index (Phi) is 6.97. The van der Waals surface area contributed by atoms with Gasteiger partial charge in [-0.25, -0.2) is 0 Å². The molecule has 3 N–H and O–H groups in total. The Morgan fingerprint density at radius 2 is 2.16 bits per heavy atom. The van der Waals surface area contributed by atoms with Crippen molar-refractivity contribution >= 4 is 15.4 Å². The van der Waals surface area contributed by atoms with Gasteiger partial charge in [-0.3, -0.25) is 9.09 Å². The molecule has 1 heterocycles. The zero-order chi connectivity index (χ0) is 14.5. The van der Waals surface area contributed by atoms with E-state index in [1.165, 1.54) is 7.11 Å². The quantitative estimate of drug-likeness (QED) is 0.352. The van der Waals surface area contributed by atoms with Crippen molar-refractivity contribution in [3.63, 3.8) is 0 Å². The van der Waals surface area contributed by atoms with Crippen LogP contribution in [0.25, 0.3) is 0 Å². The van der Waals surface area contributed by atoms with Crippen LogP contribution in [0.1, 0.15) is 6.42 Å². The molecule has 2 unspecified atom stereocenters. The second-order valence-corrected chi connectivity index (χ2v) is 6.26. The molecule has 19 heavy (non-hydrogen) atoms. The Bertz CT molecular complexity index is 314. The number of rotatable bonds is 8. The van der Waals surface area contributed by atoms with E-state index in [4.69, 9.17) is 32.3 Å². The molecule has 2 radical (unpaired) electrons. The van der Waals surface area contributed by atoms with Crippen LogP contribution in [0.4, 0.5) is 0 Å². The lowest BCUT2D eigenvalue weighted by atomic mass is 9.93. The maximum absolute atomic E-state index is 11.4. The van der Waals surface area contributed by atoms with Crippen molar-refractivity contribution in [1.82, 2.24) is 0 Å². The Morgan fingerprint density at radius 1 is 1.47 bits per heavy atom. The van der Waals surface area contributed by atoms with Crippen LogP contribution in [0.3, 0.4) is 0 Å². The first kappa shape index (κ1) is 17.1. The fourth-order valence-electron chi connectivity index (χ4n) is 1.90. The SMILES string of the molecule is [B][C@@H]1O[C@H](COC)C(OP(C)(=O)O)[C@@H]1OCCCN. The highest BCUT2D eigenvalue weighted by molar-refractivity contribution is 7.51. The highest BCUT2D eigenvalue weighted by Crippen LogP contribution is 2.42. The molecule has 0 aliphatic carbocycles. The molecule has 7 nitrogen and oxygen atoms in total. The summed E-state index contributed by atoms with van der Waals surface area (Å²) < 4.78 is 32.5.